The largest absolute Gasteiger partial charge is 0.363 e. The van der Waals surface area contributed by atoms with Crippen LogP contribution in [0.2, 0.25) is 0 Å². The maximum atomic E-state index is 12.5. The van der Waals surface area contributed by atoms with Crippen molar-refractivity contribution in [1.82, 2.24) is 35.9 Å². The summed E-state index contributed by atoms with van der Waals surface area (Å²) in [7, 11) is 0. The van der Waals surface area contributed by atoms with Crippen LogP contribution < -0.4 is 10.6 Å². The number of rotatable bonds is 7. The smallest absolute Gasteiger partial charge is 0.270 e. The van der Waals surface area contributed by atoms with Gasteiger partial charge in [0.15, 0.2) is 0 Å². The molecule has 2 heterocycles. The molecule has 0 saturated heterocycles. The summed E-state index contributed by atoms with van der Waals surface area (Å²) in [4.78, 5) is 20.8. The van der Waals surface area contributed by atoms with E-state index in [-0.39, 0.29) is 11.9 Å². The first-order valence-corrected chi connectivity index (χ1v) is 9.43. The van der Waals surface area contributed by atoms with Crippen molar-refractivity contribution in [3.63, 3.8) is 0 Å². The van der Waals surface area contributed by atoms with Gasteiger partial charge in [-0.15, -0.1) is 10.2 Å². The Hall–Kier alpha value is -4.14. The number of amides is 1. The highest BCUT2D eigenvalue weighted by Gasteiger charge is 2.11. The van der Waals surface area contributed by atoms with Crippen molar-refractivity contribution in [3.05, 3.63) is 83.8 Å². The number of anilines is 1. The maximum absolute atomic E-state index is 12.5. The van der Waals surface area contributed by atoms with Gasteiger partial charge in [-0.05, 0) is 23.3 Å². The molecular formula is C21H20N8O. The van der Waals surface area contributed by atoms with E-state index >= 15 is 0 Å². The highest BCUT2D eigenvalue weighted by molar-refractivity contribution is 5.92. The number of carbonyl (C=O) groups excluding carboxylic acids is 1. The average Bonchev–Trinajstić information content (AvgIpc) is 3.33. The molecule has 2 aromatic carbocycles. The molecule has 9 heteroatoms. The van der Waals surface area contributed by atoms with E-state index in [0.717, 1.165) is 16.7 Å². The van der Waals surface area contributed by atoms with Crippen LogP contribution in [0.3, 0.4) is 0 Å². The lowest BCUT2D eigenvalue weighted by Crippen LogP contribution is -2.24. The Balaban J connectivity index is 1.36. The summed E-state index contributed by atoms with van der Waals surface area (Å²) in [6, 6.07) is 19.3. The first-order chi connectivity index (χ1) is 14.7. The summed E-state index contributed by atoms with van der Waals surface area (Å²) >= 11 is 0. The summed E-state index contributed by atoms with van der Waals surface area (Å²) in [6.07, 6.45) is 1.38. The van der Waals surface area contributed by atoms with Crippen molar-refractivity contribution < 1.29 is 4.79 Å². The van der Waals surface area contributed by atoms with E-state index in [4.69, 9.17) is 0 Å². The van der Waals surface area contributed by atoms with Crippen LogP contribution >= 0.6 is 0 Å². The van der Waals surface area contributed by atoms with E-state index in [1.165, 1.54) is 6.33 Å². The zero-order chi connectivity index (χ0) is 20.8. The summed E-state index contributed by atoms with van der Waals surface area (Å²) in [5.74, 6) is 0.849. The van der Waals surface area contributed by atoms with Crippen LogP contribution in [0.15, 0.2) is 67.0 Å². The minimum atomic E-state index is -0.268. The second kappa shape index (κ2) is 8.91. The third-order valence-corrected chi connectivity index (χ3v) is 4.57. The lowest BCUT2D eigenvalue weighted by Gasteiger charge is -2.15. The van der Waals surface area contributed by atoms with Crippen molar-refractivity contribution >= 4 is 11.7 Å². The van der Waals surface area contributed by atoms with E-state index < -0.39 is 0 Å². The fourth-order valence-corrected chi connectivity index (χ4v) is 2.94. The van der Waals surface area contributed by atoms with Crippen molar-refractivity contribution in [2.45, 2.75) is 19.5 Å². The van der Waals surface area contributed by atoms with Gasteiger partial charge in [0.25, 0.3) is 5.91 Å². The van der Waals surface area contributed by atoms with Crippen LogP contribution in [-0.2, 0) is 6.54 Å². The van der Waals surface area contributed by atoms with Crippen LogP contribution in [0.25, 0.3) is 11.4 Å². The van der Waals surface area contributed by atoms with E-state index in [2.05, 4.69) is 41.2 Å². The van der Waals surface area contributed by atoms with Gasteiger partial charge in [-0.2, -0.15) is 5.21 Å². The number of aromatic nitrogens is 6. The predicted octanol–water partition coefficient (Wildman–Crippen LogP) is 2.76. The van der Waals surface area contributed by atoms with Gasteiger partial charge in [-0.3, -0.25) is 4.79 Å². The molecule has 0 aliphatic heterocycles. The van der Waals surface area contributed by atoms with Gasteiger partial charge in [0, 0.05) is 24.2 Å². The number of H-pyrrole nitrogens is 1. The normalized spacial score (nSPS) is 11.6. The molecule has 0 saturated carbocycles. The molecule has 0 radical (unpaired) electrons. The van der Waals surface area contributed by atoms with Crippen LogP contribution in [-0.4, -0.2) is 36.5 Å². The number of nitrogens with zero attached hydrogens (tertiary/aromatic N) is 5. The predicted molar refractivity (Wildman–Crippen MR) is 111 cm³/mol. The maximum Gasteiger partial charge on any atom is 0.270 e. The molecule has 0 aliphatic rings. The van der Waals surface area contributed by atoms with Crippen molar-refractivity contribution in [1.29, 1.82) is 0 Å². The summed E-state index contributed by atoms with van der Waals surface area (Å²) in [6.45, 7) is 2.41. The lowest BCUT2D eigenvalue weighted by atomic mass is 10.1. The van der Waals surface area contributed by atoms with E-state index in [9.17, 15) is 4.79 Å². The molecule has 1 atom stereocenters. The average molecular weight is 400 g/mol. The standard InChI is InChI=1S/C21H20N8O/c1-14(16-5-3-2-4-6-16)25-19-11-18(23-13-24-19)21(30)22-12-15-7-9-17(10-8-15)20-26-28-29-27-20/h2-11,13-14H,12H2,1H3,(H,22,30)(H,23,24,25)(H,26,27,28,29)/t14-/m1/s1. The Morgan fingerprint density at radius 3 is 2.60 bits per heavy atom. The molecule has 3 N–H and O–H groups in total. The van der Waals surface area contributed by atoms with Crippen molar-refractivity contribution in [2.75, 3.05) is 5.32 Å². The van der Waals surface area contributed by atoms with Gasteiger partial charge in [0.1, 0.15) is 17.8 Å². The number of hydrogen-bond acceptors (Lipinski definition) is 7. The number of aromatic amines is 1. The molecule has 0 aliphatic carbocycles. The van der Waals surface area contributed by atoms with Crippen LogP contribution in [0.1, 0.15) is 34.6 Å². The second-order valence-corrected chi connectivity index (χ2v) is 6.68. The molecule has 0 bridgehead atoms. The Labute approximate surface area is 173 Å². The number of hydrogen-bond donors (Lipinski definition) is 3. The Morgan fingerprint density at radius 1 is 1.07 bits per heavy atom. The highest BCUT2D eigenvalue weighted by Crippen LogP contribution is 2.18. The Bertz CT molecular complexity index is 1100. The van der Waals surface area contributed by atoms with Crippen LogP contribution in [0.4, 0.5) is 5.82 Å². The number of tetrazole rings is 1. The molecule has 1 amide bonds. The molecule has 9 nitrogen and oxygen atoms in total. The molecule has 0 fully saturated rings. The summed E-state index contributed by atoms with van der Waals surface area (Å²) in [5, 5.41) is 20.0. The number of nitrogens with one attached hydrogen (secondary N) is 3. The summed E-state index contributed by atoms with van der Waals surface area (Å²) < 4.78 is 0. The quantitative estimate of drug-likeness (QED) is 0.436. The number of benzene rings is 2. The van der Waals surface area contributed by atoms with Crippen LogP contribution in [0, 0.1) is 0 Å². The zero-order valence-electron chi connectivity index (χ0n) is 16.3. The topological polar surface area (TPSA) is 121 Å². The van der Waals surface area contributed by atoms with Crippen molar-refractivity contribution in [3.8, 4) is 11.4 Å². The molecule has 0 spiro atoms. The van der Waals surface area contributed by atoms with Gasteiger partial charge >= 0.3 is 0 Å². The minimum Gasteiger partial charge on any atom is -0.363 e. The third-order valence-electron chi connectivity index (χ3n) is 4.57. The molecule has 0 unspecified atom stereocenters. The third kappa shape index (κ3) is 4.64. The monoisotopic (exact) mass is 400 g/mol. The fourth-order valence-electron chi connectivity index (χ4n) is 2.94. The lowest BCUT2D eigenvalue weighted by molar-refractivity contribution is 0.0946. The Kier molecular flexibility index (Phi) is 5.70. The molecule has 30 heavy (non-hydrogen) atoms. The molecule has 2 aromatic heterocycles. The van der Waals surface area contributed by atoms with Gasteiger partial charge in [0.2, 0.25) is 5.82 Å². The van der Waals surface area contributed by atoms with Gasteiger partial charge in [0.05, 0.1) is 0 Å². The minimum absolute atomic E-state index is 0.0507. The fraction of sp³-hybridized carbons (Fsp3) is 0.143. The van der Waals surface area contributed by atoms with Gasteiger partial charge in [-0.1, -0.05) is 54.6 Å². The first kappa shape index (κ1) is 19.2. The number of carbonyl (C=O) groups is 1. The first-order valence-electron chi connectivity index (χ1n) is 9.43. The van der Waals surface area contributed by atoms with E-state index in [0.29, 0.717) is 23.9 Å². The molecule has 4 aromatic rings. The van der Waals surface area contributed by atoms with Crippen molar-refractivity contribution in [2.24, 2.45) is 0 Å². The van der Waals surface area contributed by atoms with Gasteiger partial charge < -0.3 is 10.6 Å². The van der Waals surface area contributed by atoms with E-state index in [1.807, 2.05) is 61.5 Å². The zero-order valence-corrected chi connectivity index (χ0v) is 16.3. The van der Waals surface area contributed by atoms with E-state index in [1.54, 1.807) is 6.07 Å². The SMILES string of the molecule is C[C@@H](Nc1cc(C(=O)NCc2ccc(-c3nn[nH]n3)cc2)ncn1)c1ccccc1. The summed E-state index contributed by atoms with van der Waals surface area (Å²) in [5.41, 5.74) is 3.22. The molecular weight excluding hydrogens is 380 g/mol. The van der Waals surface area contributed by atoms with Gasteiger partial charge in [-0.25, -0.2) is 9.97 Å². The molecule has 4 rings (SSSR count). The van der Waals surface area contributed by atoms with Crippen LogP contribution in [0.5, 0.6) is 0 Å². The second-order valence-electron chi connectivity index (χ2n) is 6.68. The molecule has 150 valence electrons. The highest BCUT2D eigenvalue weighted by atomic mass is 16.1. The Morgan fingerprint density at radius 2 is 1.87 bits per heavy atom.